The molecule has 7 heteroatoms. The predicted octanol–water partition coefficient (Wildman–Crippen LogP) is 2.95. The van der Waals surface area contributed by atoms with Gasteiger partial charge in [0.25, 0.3) is 0 Å². The first-order chi connectivity index (χ1) is 9.89. The van der Waals surface area contributed by atoms with Crippen molar-refractivity contribution in [2.45, 2.75) is 24.3 Å². The molecule has 0 bridgehead atoms. The molecular formula is C14H16ClNO3S2. The van der Waals surface area contributed by atoms with Gasteiger partial charge in [-0.15, -0.1) is 11.3 Å². The largest absolute Gasteiger partial charge is 0.393 e. The van der Waals surface area contributed by atoms with Crippen molar-refractivity contribution in [3.63, 3.8) is 0 Å². The average Bonchev–Trinajstić information content (AvgIpc) is 3.05. The molecule has 2 aromatic rings. The zero-order chi connectivity index (χ0) is 15.2. The summed E-state index contributed by atoms with van der Waals surface area (Å²) in [5.41, 5.74) is 0. The molecule has 1 aromatic carbocycles. The molecular weight excluding hydrogens is 330 g/mol. The normalized spacial score (nSPS) is 22.0. The van der Waals surface area contributed by atoms with Crippen molar-refractivity contribution in [2.24, 2.45) is 5.92 Å². The van der Waals surface area contributed by atoms with E-state index in [2.05, 4.69) is 0 Å². The molecule has 2 atom stereocenters. The summed E-state index contributed by atoms with van der Waals surface area (Å²) in [6.45, 7) is 2.54. The van der Waals surface area contributed by atoms with E-state index in [9.17, 15) is 13.5 Å². The highest BCUT2D eigenvalue weighted by atomic mass is 35.5. The Balaban J connectivity index is 1.99. The molecule has 2 unspecified atom stereocenters. The van der Waals surface area contributed by atoms with Gasteiger partial charge >= 0.3 is 0 Å². The molecule has 0 saturated carbocycles. The van der Waals surface area contributed by atoms with E-state index in [0.717, 1.165) is 4.70 Å². The summed E-state index contributed by atoms with van der Waals surface area (Å²) in [7, 11) is -3.53. The third-order valence-corrected chi connectivity index (χ3v) is 7.24. The Bertz CT molecular complexity index is 770. The van der Waals surface area contributed by atoms with Gasteiger partial charge in [-0.1, -0.05) is 11.6 Å². The summed E-state index contributed by atoms with van der Waals surface area (Å²) >= 11 is 7.39. The molecule has 1 aliphatic rings. The quantitative estimate of drug-likeness (QED) is 0.930. The predicted molar refractivity (Wildman–Crippen MR) is 85.4 cm³/mol. The van der Waals surface area contributed by atoms with Gasteiger partial charge in [0.2, 0.25) is 10.0 Å². The Morgan fingerprint density at radius 2 is 2.24 bits per heavy atom. The number of aliphatic hydroxyl groups is 1. The van der Waals surface area contributed by atoms with Crippen LogP contribution in [-0.4, -0.2) is 37.0 Å². The molecule has 1 saturated heterocycles. The third kappa shape index (κ3) is 2.71. The second-order valence-corrected chi connectivity index (χ2v) is 8.65. The lowest BCUT2D eigenvalue weighted by molar-refractivity contribution is 0.133. The van der Waals surface area contributed by atoms with Crippen LogP contribution in [-0.2, 0) is 10.0 Å². The molecule has 1 N–H and O–H groups in total. The summed E-state index contributed by atoms with van der Waals surface area (Å²) in [6, 6.07) is 5.29. The van der Waals surface area contributed by atoms with Gasteiger partial charge in [-0.05, 0) is 37.5 Å². The fraction of sp³-hybridized carbons (Fsp3) is 0.429. The highest BCUT2D eigenvalue weighted by molar-refractivity contribution is 7.89. The van der Waals surface area contributed by atoms with E-state index in [4.69, 9.17) is 11.6 Å². The van der Waals surface area contributed by atoms with Gasteiger partial charge in [-0.3, -0.25) is 0 Å². The van der Waals surface area contributed by atoms with Crippen LogP contribution in [0.3, 0.4) is 0 Å². The minimum absolute atomic E-state index is 0.00765. The van der Waals surface area contributed by atoms with Gasteiger partial charge in [-0.2, -0.15) is 4.31 Å². The number of hydrogen-bond acceptors (Lipinski definition) is 4. The Morgan fingerprint density at radius 3 is 2.90 bits per heavy atom. The van der Waals surface area contributed by atoms with Crippen LogP contribution in [0.5, 0.6) is 0 Å². The van der Waals surface area contributed by atoms with Gasteiger partial charge in [0.1, 0.15) is 4.90 Å². The van der Waals surface area contributed by atoms with E-state index < -0.39 is 16.1 Å². The van der Waals surface area contributed by atoms with Crippen molar-refractivity contribution in [1.29, 1.82) is 0 Å². The summed E-state index contributed by atoms with van der Waals surface area (Å²) < 4.78 is 28.0. The molecule has 21 heavy (non-hydrogen) atoms. The maximum Gasteiger partial charge on any atom is 0.244 e. The topological polar surface area (TPSA) is 57.6 Å². The highest BCUT2D eigenvalue weighted by Gasteiger charge is 2.35. The number of thiophene rings is 1. The SMILES string of the molecule is CC(O)C1CCN(S(=O)(=O)c2csc3ccc(Cl)cc23)C1. The molecule has 0 aliphatic carbocycles. The number of sulfonamides is 1. The van der Waals surface area contributed by atoms with Crippen LogP contribution in [0.15, 0.2) is 28.5 Å². The van der Waals surface area contributed by atoms with Gasteiger partial charge < -0.3 is 5.11 Å². The first-order valence-electron chi connectivity index (χ1n) is 6.74. The Kier molecular flexibility index (Phi) is 4.00. The fourth-order valence-corrected chi connectivity index (χ4v) is 5.81. The van der Waals surface area contributed by atoms with E-state index in [-0.39, 0.29) is 5.92 Å². The second-order valence-electron chi connectivity index (χ2n) is 5.39. The van der Waals surface area contributed by atoms with Gasteiger partial charge in [0.05, 0.1) is 6.10 Å². The first kappa shape index (κ1) is 15.2. The Hall–Kier alpha value is -0.660. The zero-order valence-electron chi connectivity index (χ0n) is 11.5. The molecule has 0 amide bonds. The average molecular weight is 346 g/mol. The summed E-state index contributed by atoms with van der Waals surface area (Å²) in [5, 5.41) is 12.5. The minimum atomic E-state index is -3.53. The van der Waals surface area contributed by atoms with Crippen molar-refractivity contribution in [2.75, 3.05) is 13.1 Å². The van der Waals surface area contributed by atoms with E-state index in [0.29, 0.717) is 34.8 Å². The number of nitrogens with zero attached hydrogens (tertiary/aromatic N) is 1. The van der Waals surface area contributed by atoms with E-state index in [1.165, 1.54) is 15.6 Å². The lowest BCUT2D eigenvalue weighted by Crippen LogP contribution is -2.30. The van der Waals surface area contributed by atoms with Crippen LogP contribution < -0.4 is 0 Å². The molecule has 2 heterocycles. The molecule has 114 valence electrons. The van der Waals surface area contributed by atoms with Crippen molar-refractivity contribution < 1.29 is 13.5 Å². The smallest absolute Gasteiger partial charge is 0.244 e. The van der Waals surface area contributed by atoms with Gasteiger partial charge in [0.15, 0.2) is 0 Å². The highest BCUT2D eigenvalue weighted by Crippen LogP contribution is 2.35. The van der Waals surface area contributed by atoms with Crippen LogP contribution in [0, 0.1) is 5.92 Å². The lowest BCUT2D eigenvalue weighted by Gasteiger charge is -2.17. The number of benzene rings is 1. The number of aliphatic hydroxyl groups excluding tert-OH is 1. The Morgan fingerprint density at radius 1 is 1.48 bits per heavy atom. The van der Waals surface area contributed by atoms with Crippen LogP contribution in [0.4, 0.5) is 0 Å². The maximum atomic E-state index is 12.8. The van der Waals surface area contributed by atoms with Crippen LogP contribution >= 0.6 is 22.9 Å². The summed E-state index contributed by atoms with van der Waals surface area (Å²) in [5.74, 6) is 0.00765. The zero-order valence-corrected chi connectivity index (χ0v) is 13.9. The monoisotopic (exact) mass is 345 g/mol. The fourth-order valence-electron chi connectivity index (χ4n) is 2.68. The van der Waals surface area contributed by atoms with Crippen molar-refractivity contribution in [3.8, 4) is 0 Å². The lowest BCUT2D eigenvalue weighted by atomic mass is 10.0. The van der Waals surface area contributed by atoms with Crippen molar-refractivity contribution >= 4 is 43.0 Å². The molecule has 1 aromatic heterocycles. The number of rotatable bonds is 3. The minimum Gasteiger partial charge on any atom is -0.393 e. The summed E-state index contributed by atoms with van der Waals surface area (Å²) in [4.78, 5) is 0.316. The van der Waals surface area contributed by atoms with Crippen LogP contribution in [0.25, 0.3) is 10.1 Å². The number of hydrogen-bond donors (Lipinski definition) is 1. The van der Waals surface area contributed by atoms with E-state index in [1.54, 1.807) is 24.4 Å². The van der Waals surface area contributed by atoms with Crippen molar-refractivity contribution in [3.05, 3.63) is 28.6 Å². The molecule has 3 rings (SSSR count). The van der Waals surface area contributed by atoms with Gasteiger partial charge in [-0.25, -0.2) is 8.42 Å². The molecule has 1 fully saturated rings. The molecule has 1 aliphatic heterocycles. The standard InChI is InChI=1S/C14H16ClNO3S2/c1-9(17)10-4-5-16(7-10)21(18,19)14-8-20-13-3-2-11(15)6-12(13)14/h2-3,6,8-10,17H,4-5,7H2,1H3. The first-order valence-corrected chi connectivity index (χ1v) is 9.44. The molecule has 0 spiro atoms. The number of fused-ring (bicyclic) bond motifs is 1. The van der Waals surface area contributed by atoms with Gasteiger partial charge in [0, 0.05) is 33.6 Å². The second kappa shape index (κ2) is 5.52. The van der Waals surface area contributed by atoms with Crippen molar-refractivity contribution in [1.82, 2.24) is 4.31 Å². The van der Waals surface area contributed by atoms with Crippen LogP contribution in [0.2, 0.25) is 5.02 Å². The van der Waals surface area contributed by atoms with Crippen LogP contribution in [0.1, 0.15) is 13.3 Å². The summed E-state index contributed by atoms with van der Waals surface area (Å²) in [6.07, 6.45) is 0.207. The Labute approximate surface area is 133 Å². The molecule has 0 radical (unpaired) electrons. The third-order valence-electron chi connectivity index (χ3n) is 3.99. The van der Waals surface area contributed by atoms with E-state index in [1.807, 2.05) is 6.07 Å². The van der Waals surface area contributed by atoms with E-state index >= 15 is 0 Å². The number of halogens is 1. The maximum absolute atomic E-state index is 12.8. The molecule has 4 nitrogen and oxygen atoms in total.